The predicted octanol–water partition coefficient (Wildman–Crippen LogP) is 13.3. The first kappa shape index (κ1) is 39.5. The number of benzene rings is 5. The molecule has 1 aliphatic rings. The van der Waals surface area contributed by atoms with E-state index < -0.39 is 6.29 Å². The lowest BCUT2D eigenvalue weighted by Gasteiger charge is -2.34. The van der Waals surface area contributed by atoms with Crippen molar-refractivity contribution in [3.8, 4) is 16.8 Å². The largest absolute Gasteiger partial charge is 0.314 e. The molecule has 0 aliphatic carbocycles. The second-order valence-corrected chi connectivity index (χ2v) is 14.6. The first-order valence-electron chi connectivity index (χ1n) is 19.9. The lowest BCUT2D eigenvalue weighted by Crippen LogP contribution is -2.51. The third-order valence-electron chi connectivity index (χ3n) is 10.8. The van der Waals surface area contributed by atoms with Crippen LogP contribution in [0, 0.1) is 6.92 Å². The Morgan fingerprint density at radius 2 is 1.50 bits per heavy atom. The third-order valence-corrected chi connectivity index (χ3v) is 10.8. The fourth-order valence-electron chi connectivity index (χ4n) is 7.77. The minimum atomic E-state index is -0.556. The SMILES string of the molecule is C=C/C(=C\C=C/C)c1ccc(-c2cccc(-n3c4ccccc4c4cc(C5=C/C/C=C\C=C/C(=C)N(C(N)NC(C)c6ccccc6C)C(=C)/C=C\5)ccc43)c2)cc1. The second-order valence-electron chi connectivity index (χ2n) is 14.6. The molecule has 4 nitrogen and oxygen atoms in total. The predicted molar refractivity (Wildman–Crippen MR) is 250 cm³/mol. The molecule has 0 amide bonds. The molecule has 0 saturated heterocycles. The quantitative estimate of drug-likeness (QED) is 0.108. The highest BCUT2D eigenvalue weighted by atomic mass is 15.4. The van der Waals surface area contributed by atoms with Crippen molar-refractivity contribution in [3.63, 3.8) is 0 Å². The Bertz CT molecular complexity index is 2670. The molecule has 288 valence electrons. The van der Waals surface area contributed by atoms with E-state index in [4.69, 9.17) is 5.73 Å². The van der Waals surface area contributed by atoms with Crippen LogP contribution in [0.25, 0.3) is 49.8 Å². The van der Waals surface area contributed by atoms with E-state index in [2.05, 4.69) is 189 Å². The van der Waals surface area contributed by atoms with Crippen molar-refractivity contribution in [1.82, 2.24) is 14.8 Å². The molecule has 4 heteroatoms. The van der Waals surface area contributed by atoms with E-state index in [1.54, 1.807) is 0 Å². The maximum atomic E-state index is 6.87. The van der Waals surface area contributed by atoms with E-state index in [0.29, 0.717) is 0 Å². The number of fused-ring (bicyclic) bond motifs is 3. The van der Waals surface area contributed by atoms with E-state index in [0.717, 1.165) is 67.9 Å². The number of aryl methyl sites for hydroxylation is 1. The summed E-state index contributed by atoms with van der Waals surface area (Å²) >= 11 is 0. The van der Waals surface area contributed by atoms with Gasteiger partial charge in [-0.25, -0.2) is 0 Å². The van der Waals surface area contributed by atoms with Crippen molar-refractivity contribution in [2.75, 3.05) is 0 Å². The molecule has 0 radical (unpaired) electrons. The summed E-state index contributed by atoms with van der Waals surface area (Å²) in [6.45, 7) is 19.1. The van der Waals surface area contributed by atoms with Crippen molar-refractivity contribution in [2.45, 2.75) is 39.5 Å². The van der Waals surface area contributed by atoms with Gasteiger partial charge < -0.3 is 9.47 Å². The topological polar surface area (TPSA) is 46.2 Å². The molecular formula is C54H52N4. The second kappa shape index (κ2) is 18.0. The summed E-state index contributed by atoms with van der Waals surface area (Å²) in [7, 11) is 0. The number of nitrogens with one attached hydrogen (secondary N) is 1. The lowest BCUT2D eigenvalue weighted by molar-refractivity contribution is 0.263. The molecule has 5 aromatic carbocycles. The molecule has 6 aromatic rings. The van der Waals surface area contributed by atoms with Crippen molar-refractivity contribution in [1.29, 1.82) is 0 Å². The summed E-state index contributed by atoms with van der Waals surface area (Å²) in [5, 5.41) is 5.97. The van der Waals surface area contributed by atoms with Crippen LogP contribution in [0.4, 0.5) is 0 Å². The number of aromatic nitrogens is 1. The van der Waals surface area contributed by atoms with Crippen LogP contribution in [0.15, 0.2) is 213 Å². The van der Waals surface area contributed by atoms with Crippen LogP contribution in [-0.4, -0.2) is 15.8 Å². The van der Waals surface area contributed by atoms with Gasteiger partial charge in [-0.15, -0.1) is 0 Å². The van der Waals surface area contributed by atoms with E-state index in [-0.39, 0.29) is 6.04 Å². The molecule has 0 saturated carbocycles. The van der Waals surface area contributed by atoms with Gasteiger partial charge >= 0.3 is 0 Å². The van der Waals surface area contributed by atoms with Crippen molar-refractivity contribution in [2.24, 2.45) is 5.73 Å². The van der Waals surface area contributed by atoms with Gasteiger partial charge in [0.15, 0.2) is 0 Å². The van der Waals surface area contributed by atoms with Gasteiger partial charge in [0.2, 0.25) is 0 Å². The van der Waals surface area contributed by atoms with Gasteiger partial charge in [-0.05, 0) is 114 Å². The van der Waals surface area contributed by atoms with Gasteiger partial charge in [-0.1, -0.05) is 159 Å². The number of nitrogens with zero attached hydrogens (tertiary/aromatic N) is 2. The van der Waals surface area contributed by atoms with Crippen LogP contribution >= 0.6 is 0 Å². The molecule has 1 aliphatic heterocycles. The van der Waals surface area contributed by atoms with Gasteiger partial charge in [0.1, 0.15) is 6.29 Å². The maximum Gasteiger partial charge on any atom is 0.137 e. The van der Waals surface area contributed by atoms with Crippen molar-refractivity contribution >= 4 is 33.0 Å². The number of nitrogens with two attached hydrogens (primary N) is 1. The van der Waals surface area contributed by atoms with Gasteiger partial charge in [0, 0.05) is 33.9 Å². The summed E-state index contributed by atoms with van der Waals surface area (Å²) in [6, 6.07) is 41.4. The Morgan fingerprint density at radius 3 is 2.29 bits per heavy atom. The normalized spacial score (nSPS) is 17.7. The minimum absolute atomic E-state index is 0.0195. The monoisotopic (exact) mass is 756 g/mol. The van der Waals surface area contributed by atoms with Gasteiger partial charge in [-0.2, -0.15) is 0 Å². The van der Waals surface area contributed by atoms with Gasteiger partial charge in [0.05, 0.1) is 11.0 Å². The highest BCUT2D eigenvalue weighted by molar-refractivity contribution is 6.10. The lowest BCUT2D eigenvalue weighted by atomic mass is 9.99. The Balaban J connectivity index is 1.22. The summed E-state index contributed by atoms with van der Waals surface area (Å²) in [6.07, 6.45) is 22.9. The smallest absolute Gasteiger partial charge is 0.137 e. The molecule has 58 heavy (non-hydrogen) atoms. The molecule has 2 atom stereocenters. The zero-order chi connectivity index (χ0) is 40.6. The Hall–Kier alpha value is -6.72. The first-order chi connectivity index (χ1) is 28.3. The highest BCUT2D eigenvalue weighted by Crippen LogP contribution is 2.36. The summed E-state index contributed by atoms with van der Waals surface area (Å²) in [5.74, 6) is 0. The Kier molecular flexibility index (Phi) is 12.3. The van der Waals surface area contributed by atoms with Crippen molar-refractivity contribution in [3.05, 3.63) is 235 Å². The summed E-state index contributed by atoms with van der Waals surface area (Å²) in [4.78, 5) is 1.95. The molecule has 0 spiro atoms. The van der Waals surface area contributed by atoms with E-state index >= 15 is 0 Å². The summed E-state index contributed by atoms with van der Waals surface area (Å²) < 4.78 is 2.37. The maximum absolute atomic E-state index is 6.87. The van der Waals surface area contributed by atoms with E-state index in [1.807, 2.05) is 48.3 Å². The zero-order valence-corrected chi connectivity index (χ0v) is 33.8. The molecular weight excluding hydrogens is 705 g/mol. The fourth-order valence-corrected chi connectivity index (χ4v) is 7.77. The zero-order valence-electron chi connectivity index (χ0n) is 33.8. The fraction of sp³-hybridized carbons (Fsp3) is 0.111. The number of rotatable bonds is 10. The first-order valence-corrected chi connectivity index (χ1v) is 19.9. The van der Waals surface area contributed by atoms with Crippen LogP contribution in [0.2, 0.25) is 0 Å². The minimum Gasteiger partial charge on any atom is -0.314 e. The number of hydrogen-bond donors (Lipinski definition) is 2. The van der Waals surface area contributed by atoms with Crippen LogP contribution in [0.1, 0.15) is 48.6 Å². The van der Waals surface area contributed by atoms with E-state index in [9.17, 15) is 0 Å². The van der Waals surface area contributed by atoms with Crippen LogP contribution in [0.3, 0.4) is 0 Å². The molecule has 0 fully saturated rings. The molecule has 0 bridgehead atoms. The van der Waals surface area contributed by atoms with Gasteiger partial charge in [-0.3, -0.25) is 11.1 Å². The van der Waals surface area contributed by atoms with Crippen LogP contribution in [0.5, 0.6) is 0 Å². The molecule has 2 unspecified atom stereocenters. The Labute approximate surface area is 344 Å². The Morgan fingerprint density at radius 1 is 0.759 bits per heavy atom. The standard InChI is InChI=1S/C54H52N4/c1-7-9-21-42(8-2)44-30-32-45(33-31-44)46-23-18-24-48(36-46)58-52-27-17-16-26-50(52)51-37-47(34-35-53(51)58)43-22-13-11-10-12-20-39(4)57(40(5)28-29-43)54(55)56-41(6)49-25-15-14-19-38(49)3/h7-12,14-37,41,54,56H,2,4-5,13,55H2,1,3,6H3/b9-7-,11-10-,20-12-,29-28-,42-21+,43-22+. The van der Waals surface area contributed by atoms with Crippen molar-refractivity contribution < 1.29 is 0 Å². The molecule has 3 N–H and O–H groups in total. The molecule has 7 rings (SSSR count). The average Bonchev–Trinajstić information content (AvgIpc) is 3.57. The van der Waals surface area contributed by atoms with Crippen LogP contribution < -0.4 is 11.1 Å². The highest BCUT2D eigenvalue weighted by Gasteiger charge is 2.20. The average molecular weight is 757 g/mol. The molecule has 1 aromatic heterocycles. The number of para-hydroxylation sites is 1. The van der Waals surface area contributed by atoms with Gasteiger partial charge in [0.25, 0.3) is 0 Å². The molecule has 2 heterocycles. The third kappa shape index (κ3) is 8.50. The number of hydrogen-bond acceptors (Lipinski definition) is 3. The van der Waals surface area contributed by atoms with Crippen LogP contribution in [-0.2, 0) is 0 Å². The summed E-state index contributed by atoms with van der Waals surface area (Å²) in [5.41, 5.74) is 21.0. The van der Waals surface area contributed by atoms with E-state index in [1.165, 1.54) is 21.9 Å². The number of allylic oxidation sites excluding steroid dienone is 13.